The van der Waals surface area contributed by atoms with Crippen LogP contribution in [0.3, 0.4) is 0 Å². The van der Waals surface area contributed by atoms with Crippen LogP contribution in [0.2, 0.25) is 0 Å². The van der Waals surface area contributed by atoms with Gasteiger partial charge in [-0.05, 0) is 59.0 Å². The Labute approximate surface area is 175 Å². The van der Waals surface area contributed by atoms with Crippen LogP contribution in [0, 0.1) is 5.82 Å². The summed E-state index contributed by atoms with van der Waals surface area (Å²) in [5, 5.41) is 3.34. The van der Waals surface area contributed by atoms with Gasteiger partial charge < -0.3 is 11.1 Å². The smallest absolute Gasteiger partial charge is 0.126 e. The number of aromatic nitrogens is 2. The van der Waals surface area contributed by atoms with Crippen LogP contribution in [0.5, 0.6) is 0 Å². The third-order valence-electron chi connectivity index (χ3n) is 4.92. The third-order valence-corrected chi connectivity index (χ3v) is 4.92. The molecule has 2 aromatic heterocycles. The number of halogens is 1. The van der Waals surface area contributed by atoms with E-state index in [1.54, 1.807) is 24.7 Å². The lowest BCUT2D eigenvalue weighted by molar-refractivity contribution is 0.628. The van der Waals surface area contributed by atoms with Gasteiger partial charge in [-0.15, -0.1) is 0 Å². The monoisotopic (exact) mass is 398 g/mol. The Bertz CT molecular complexity index is 1100. The van der Waals surface area contributed by atoms with Crippen LogP contribution in [0.4, 0.5) is 10.2 Å². The van der Waals surface area contributed by atoms with Gasteiger partial charge in [0.2, 0.25) is 0 Å². The molecule has 0 fully saturated rings. The maximum absolute atomic E-state index is 13.8. The first kappa shape index (κ1) is 19.7. The number of nitrogens with zero attached hydrogens (tertiary/aromatic N) is 2. The Hall–Kier alpha value is -3.57. The lowest BCUT2D eigenvalue weighted by Gasteiger charge is -2.16. The highest BCUT2D eigenvalue weighted by Gasteiger charge is 2.12. The van der Waals surface area contributed by atoms with Crippen molar-refractivity contribution in [2.24, 2.45) is 5.73 Å². The summed E-state index contributed by atoms with van der Waals surface area (Å²) in [5.74, 6) is 0.452. The largest absolute Gasteiger partial charge is 0.368 e. The van der Waals surface area contributed by atoms with E-state index in [2.05, 4.69) is 27.4 Å². The van der Waals surface area contributed by atoms with Crippen LogP contribution in [0.25, 0.3) is 22.3 Å². The van der Waals surface area contributed by atoms with Gasteiger partial charge in [0.15, 0.2) is 0 Å². The van der Waals surface area contributed by atoms with E-state index in [0.717, 1.165) is 34.5 Å². The molecular weight excluding hydrogens is 375 g/mol. The average molecular weight is 398 g/mol. The van der Waals surface area contributed by atoms with Gasteiger partial charge >= 0.3 is 0 Å². The zero-order valence-electron chi connectivity index (χ0n) is 16.5. The first-order chi connectivity index (χ1) is 14.7. The van der Waals surface area contributed by atoms with Gasteiger partial charge in [-0.3, -0.25) is 4.98 Å². The summed E-state index contributed by atoms with van der Waals surface area (Å²) in [4.78, 5) is 8.65. The molecule has 0 bridgehead atoms. The van der Waals surface area contributed by atoms with E-state index < -0.39 is 0 Å². The van der Waals surface area contributed by atoms with Crippen LogP contribution >= 0.6 is 0 Å². The van der Waals surface area contributed by atoms with Crippen molar-refractivity contribution in [3.8, 4) is 22.3 Å². The van der Waals surface area contributed by atoms with E-state index in [1.807, 2.05) is 42.5 Å². The van der Waals surface area contributed by atoms with Crippen molar-refractivity contribution in [2.75, 3.05) is 11.9 Å². The summed E-state index contributed by atoms with van der Waals surface area (Å²) >= 11 is 0. The number of rotatable bonds is 7. The van der Waals surface area contributed by atoms with Crippen molar-refractivity contribution < 1.29 is 4.39 Å². The molecule has 5 heteroatoms. The fraction of sp³-hybridized carbons (Fsp3) is 0.120. The summed E-state index contributed by atoms with van der Waals surface area (Å²) < 4.78 is 13.8. The lowest BCUT2D eigenvalue weighted by Crippen LogP contribution is -2.31. The number of hydrogen-bond donors (Lipinski definition) is 2. The molecule has 30 heavy (non-hydrogen) atoms. The molecule has 2 aromatic carbocycles. The molecule has 4 aromatic rings. The molecule has 0 aliphatic rings. The maximum Gasteiger partial charge on any atom is 0.126 e. The maximum atomic E-state index is 13.8. The molecule has 0 aliphatic carbocycles. The lowest BCUT2D eigenvalue weighted by atomic mass is 9.97. The Balaban J connectivity index is 1.58. The normalized spacial score (nSPS) is 11.8. The van der Waals surface area contributed by atoms with Crippen LogP contribution in [-0.2, 0) is 6.42 Å². The fourth-order valence-electron chi connectivity index (χ4n) is 3.43. The first-order valence-corrected chi connectivity index (χ1v) is 9.89. The summed E-state index contributed by atoms with van der Waals surface area (Å²) in [6, 6.07) is 22.5. The molecule has 0 amide bonds. The number of anilines is 1. The first-order valence-electron chi connectivity index (χ1n) is 9.89. The SMILES string of the molecule is N[C@@H](CNc1cc(-c2ccncc2)c(-c2cccc(F)c2)cn1)Cc1ccccc1. The molecule has 0 saturated heterocycles. The predicted molar refractivity (Wildman–Crippen MR) is 119 cm³/mol. The second kappa shape index (κ2) is 9.29. The zero-order valence-corrected chi connectivity index (χ0v) is 16.5. The quantitative estimate of drug-likeness (QED) is 0.463. The van der Waals surface area contributed by atoms with E-state index >= 15 is 0 Å². The van der Waals surface area contributed by atoms with Gasteiger partial charge in [-0.25, -0.2) is 9.37 Å². The summed E-state index contributed by atoms with van der Waals surface area (Å²) in [6.07, 6.45) is 6.05. The zero-order chi connectivity index (χ0) is 20.8. The van der Waals surface area contributed by atoms with Crippen molar-refractivity contribution in [2.45, 2.75) is 12.5 Å². The van der Waals surface area contributed by atoms with Gasteiger partial charge in [-0.1, -0.05) is 42.5 Å². The van der Waals surface area contributed by atoms with E-state index in [1.165, 1.54) is 17.7 Å². The highest BCUT2D eigenvalue weighted by atomic mass is 19.1. The Morgan fingerprint density at radius 1 is 0.867 bits per heavy atom. The van der Waals surface area contributed by atoms with Crippen LogP contribution < -0.4 is 11.1 Å². The molecule has 2 heterocycles. The highest BCUT2D eigenvalue weighted by Crippen LogP contribution is 2.33. The number of hydrogen-bond acceptors (Lipinski definition) is 4. The van der Waals surface area contributed by atoms with Crippen LogP contribution in [0.1, 0.15) is 5.56 Å². The van der Waals surface area contributed by atoms with Gasteiger partial charge in [0.05, 0.1) is 0 Å². The molecule has 3 N–H and O–H groups in total. The topological polar surface area (TPSA) is 63.8 Å². The van der Waals surface area contributed by atoms with Crippen LogP contribution in [0.15, 0.2) is 91.4 Å². The Morgan fingerprint density at radius 2 is 1.67 bits per heavy atom. The minimum atomic E-state index is -0.276. The van der Waals surface area contributed by atoms with Gasteiger partial charge in [0, 0.05) is 36.7 Å². The van der Waals surface area contributed by atoms with E-state index in [0.29, 0.717) is 6.54 Å². The molecule has 150 valence electrons. The number of pyridine rings is 2. The minimum absolute atomic E-state index is 0.0403. The van der Waals surface area contributed by atoms with Gasteiger partial charge in [0.1, 0.15) is 11.6 Å². The predicted octanol–water partition coefficient (Wildman–Crippen LogP) is 4.93. The summed E-state index contributed by atoms with van der Waals surface area (Å²) in [6.45, 7) is 0.594. The molecule has 4 rings (SSSR count). The standard InChI is InChI=1S/C25H23FN4/c26-21-8-4-7-20(14-21)24-17-30-25(15-23(24)19-9-11-28-12-10-19)29-16-22(27)13-18-5-2-1-3-6-18/h1-12,14-15,17,22H,13,16,27H2,(H,29,30)/t22-/m1/s1. The molecule has 0 unspecified atom stereocenters. The average Bonchev–Trinajstić information content (AvgIpc) is 2.79. The van der Waals surface area contributed by atoms with Crippen molar-refractivity contribution in [3.63, 3.8) is 0 Å². The minimum Gasteiger partial charge on any atom is -0.368 e. The van der Waals surface area contributed by atoms with Crippen LogP contribution in [-0.4, -0.2) is 22.6 Å². The van der Waals surface area contributed by atoms with Crippen molar-refractivity contribution in [3.05, 3.63) is 103 Å². The van der Waals surface area contributed by atoms with Crippen molar-refractivity contribution >= 4 is 5.82 Å². The Morgan fingerprint density at radius 3 is 2.43 bits per heavy atom. The third kappa shape index (κ3) is 4.88. The van der Waals surface area contributed by atoms with Crippen molar-refractivity contribution in [1.29, 1.82) is 0 Å². The molecule has 0 saturated carbocycles. The second-order valence-corrected chi connectivity index (χ2v) is 7.19. The molecule has 0 aliphatic heterocycles. The number of nitrogens with two attached hydrogens (primary N) is 1. The molecular formula is C25H23FN4. The number of benzene rings is 2. The highest BCUT2D eigenvalue weighted by molar-refractivity contribution is 5.84. The van der Waals surface area contributed by atoms with E-state index in [4.69, 9.17) is 5.73 Å². The second-order valence-electron chi connectivity index (χ2n) is 7.19. The molecule has 0 spiro atoms. The molecule has 4 nitrogen and oxygen atoms in total. The number of nitrogens with one attached hydrogen (secondary N) is 1. The fourth-order valence-corrected chi connectivity index (χ4v) is 3.43. The van der Waals surface area contributed by atoms with E-state index in [-0.39, 0.29) is 11.9 Å². The van der Waals surface area contributed by atoms with E-state index in [9.17, 15) is 4.39 Å². The summed E-state index contributed by atoms with van der Waals surface area (Å²) in [7, 11) is 0. The Kier molecular flexibility index (Phi) is 6.11. The molecule has 1 atom stereocenters. The molecule has 0 radical (unpaired) electrons. The van der Waals surface area contributed by atoms with Gasteiger partial charge in [-0.2, -0.15) is 0 Å². The summed E-state index contributed by atoms with van der Waals surface area (Å²) in [5.41, 5.74) is 11.1. The van der Waals surface area contributed by atoms with Crippen molar-refractivity contribution in [1.82, 2.24) is 9.97 Å². The van der Waals surface area contributed by atoms with Gasteiger partial charge in [0.25, 0.3) is 0 Å².